The van der Waals surface area contributed by atoms with E-state index in [1.807, 2.05) is 43.3 Å². The molecule has 1 aliphatic carbocycles. The first kappa shape index (κ1) is 16.0. The minimum atomic E-state index is -1.30. The summed E-state index contributed by atoms with van der Waals surface area (Å²) < 4.78 is 5.18. The van der Waals surface area contributed by atoms with Gasteiger partial charge < -0.3 is 9.84 Å². The van der Waals surface area contributed by atoms with Gasteiger partial charge in [-0.15, -0.1) is 0 Å². The molecule has 4 nitrogen and oxygen atoms in total. The first-order chi connectivity index (χ1) is 9.99. The lowest BCUT2D eigenvalue weighted by atomic mass is 9.81. The Kier molecular flexibility index (Phi) is 5.01. The zero-order valence-electron chi connectivity index (χ0n) is 13.1. The van der Waals surface area contributed by atoms with Gasteiger partial charge in [-0.25, -0.2) is 0 Å². The van der Waals surface area contributed by atoms with E-state index in [4.69, 9.17) is 4.74 Å². The Morgan fingerprint density at radius 1 is 1.19 bits per heavy atom. The maximum absolute atomic E-state index is 12.5. The van der Waals surface area contributed by atoms with E-state index in [0.717, 1.165) is 30.6 Å². The van der Waals surface area contributed by atoms with E-state index < -0.39 is 5.60 Å². The lowest BCUT2D eigenvalue weighted by Gasteiger charge is -2.38. The third kappa shape index (κ3) is 3.27. The summed E-state index contributed by atoms with van der Waals surface area (Å²) in [5.74, 6) is 0.741. The number of methoxy groups -OCH3 is 1. The van der Waals surface area contributed by atoms with Gasteiger partial charge in [-0.2, -0.15) is 0 Å². The van der Waals surface area contributed by atoms with Crippen molar-refractivity contribution in [3.05, 3.63) is 29.8 Å². The topological polar surface area (TPSA) is 49.8 Å². The highest BCUT2D eigenvalue weighted by Gasteiger charge is 2.45. The van der Waals surface area contributed by atoms with Gasteiger partial charge in [-0.1, -0.05) is 25.0 Å². The van der Waals surface area contributed by atoms with Crippen LogP contribution in [0.25, 0.3) is 0 Å². The van der Waals surface area contributed by atoms with E-state index in [9.17, 15) is 9.90 Å². The highest BCUT2D eigenvalue weighted by Crippen LogP contribution is 2.38. The van der Waals surface area contributed by atoms with Gasteiger partial charge in [0, 0.05) is 6.42 Å². The van der Waals surface area contributed by atoms with Gasteiger partial charge in [0.1, 0.15) is 11.4 Å². The van der Waals surface area contributed by atoms with Gasteiger partial charge in [0.05, 0.1) is 13.2 Å². The van der Waals surface area contributed by atoms with Gasteiger partial charge in [0.25, 0.3) is 0 Å². The molecule has 1 aliphatic rings. The minimum Gasteiger partial charge on any atom is -0.497 e. The van der Waals surface area contributed by atoms with Crippen LogP contribution in [-0.2, 0) is 4.79 Å². The van der Waals surface area contributed by atoms with E-state index in [1.54, 1.807) is 7.11 Å². The highest BCUT2D eigenvalue weighted by molar-refractivity contribution is 5.88. The Morgan fingerprint density at radius 2 is 1.86 bits per heavy atom. The summed E-state index contributed by atoms with van der Waals surface area (Å²) in [7, 11) is 5.44. The van der Waals surface area contributed by atoms with Crippen molar-refractivity contribution in [2.75, 3.05) is 21.2 Å². The molecule has 0 radical (unpaired) electrons. The first-order valence-corrected chi connectivity index (χ1v) is 7.55. The summed E-state index contributed by atoms with van der Waals surface area (Å²) in [5, 5.41) is 11.1. The average Bonchev–Trinajstić information content (AvgIpc) is 2.62. The number of nitrogens with zero attached hydrogens (tertiary/aromatic N) is 1. The molecule has 2 atom stereocenters. The molecular weight excluding hydrogens is 266 g/mol. The molecule has 4 heteroatoms. The van der Waals surface area contributed by atoms with Crippen molar-refractivity contribution in [2.24, 2.45) is 0 Å². The third-order valence-corrected chi connectivity index (χ3v) is 4.34. The van der Waals surface area contributed by atoms with E-state index in [-0.39, 0.29) is 11.8 Å². The van der Waals surface area contributed by atoms with E-state index in [1.165, 1.54) is 0 Å². The van der Waals surface area contributed by atoms with Crippen molar-refractivity contribution in [3.63, 3.8) is 0 Å². The number of carbonyl (C=O) groups excluding carboxylic acids is 1. The maximum atomic E-state index is 12.5. The van der Waals surface area contributed by atoms with Crippen molar-refractivity contribution >= 4 is 5.78 Å². The fraction of sp³-hybridized carbons (Fsp3) is 0.588. The van der Waals surface area contributed by atoms with Gasteiger partial charge in [-0.3, -0.25) is 9.69 Å². The number of Topliss-reactive ketones (excluding diaryl/α,β-unsaturated/α-hetero) is 1. The largest absolute Gasteiger partial charge is 0.497 e. The number of aliphatic hydroxyl groups is 1. The zero-order chi connectivity index (χ0) is 15.5. The van der Waals surface area contributed by atoms with E-state index in [2.05, 4.69) is 0 Å². The van der Waals surface area contributed by atoms with Crippen LogP contribution < -0.4 is 4.74 Å². The van der Waals surface area contributed by atoms with Crippen molar-refractivity contribution in [2.45, 2.75) is 43.7 Å². The Bertz CT molecular complexity index is 483. The van der Waals surface area contributed by atoms with Crippen LogP contribution in [0.1, 0.15) is 43.7 Å². The molecule has 1 saturated carbocycles. The predicted molar refractivity (Wildman–Crippen MR) is 82.5 cm³/mol. The second kappa shape index (κ2) is 6.58. The Balaban J connectivity index is 2.38. The number of ether oxygens (including phenoxy) is 1. The predicted octanol–water partition coefficient (Wildman–Crippen LogP) is 2.56. The Labute approximate surface area is 126 Å². The summed E-state index contributed by atoms with van der Waals surface area (Å²) >= 11 is 0. The molecule has 0 amide bonds. The van der Waals surface area contributed by atoms with Gasteiger partial charge >= 0.3 is 0 Å². The second-order valence-electron chi connectivity index (χ2n) is 6.05. The molecule has 0 bridgehead atoms. The molecular formula is C17H25NO3. The number of rotatable bonds is 4. The monoisotopic (exact) mass is 291 g/mol. The second-order valence-corrected chi connectivity index (χ2v) is 6.05. The van der Waals surface area contributed by atoms with Crippen LogP contribution in [-0.4, -0.2) is 42.6 Å². The molecule has 21 heavy (non-hydrogen) atoms. The maximum Gasteiger partial charge on any atom is 0.166 e. The van der Waals surface area contributed by atoms with Crippen LogP contribution in [0.5, 0.6) is 5.75 Å². The van der Waals surface area contributed by atoms with Crippen LogP contribution in [0.2, 0.25) is 0 Å². The molecule has 116 valence electrons. The molecule has 1 aromatic carbocycles. The minimum absolute atomic E-state index is 0.0329. The lowest BCUT2D eigenvalue weighted by molar-refractivity contribution is -0.145. The molecule has 0 aliphatic heterocycles. The summed E-state index contributed by atoms with van der Waals surface area (Å²) in [6.07, 6.45) is 3.78. The molecule has 1 fully saturated rings. The van der Waals surface area contributed by atoms with Crippen LogP contribution in [0.4, 0.5) is 0 Å². The summed E-state index contributed by atoms with van der Waals surface area (Å²) in [4.78, 5) is 14.4. The number of ketones is 1. The Hall–Kier alpha value is -1.39. The number of likely N-dealkylation sites (N-methyl/N-ethyl adjacent to an activating group) is 1. The molecule has 1 aromatic rings. The van der Waals surface area contributed by atoms with Crippen LogP contribution in [0.15, 0.2) is 24.3 Å². The molecule has 2 rings (SSSR count). The van der Waals surface area contributed by atoms with Gasteiger partial charge in [0.15, 0.2) is 5.78 Å². The van der Waals surface area contributed by atoms with Crippen molar-refractivity contribution in [1.29, 1.82) is 0 Å². The summed E-state index contributed by atoms with van der Waals surface area (Å²) in [5.41, 5.74) is -0.354. The molecule has 0 heterocycles. The van der Waals surface area contributed by atoms with Gasteiger partial charge in [0.2, 0.25) is 0 Å². The smallest absolute Gasteiger partial charge is 0.166 e. The van der Waals surface area contributed by atoms with Crippen LogP contribution in [0.3, 0.4) is 0 Å². The van der Waals surface area contributed by atoms with Crippen molar-refractivity contribution in [1.82, 2.24) is 4.90 Å². The standard InChI is InChI=1S/C17H25NO3/c1-18(2)16(13-8-10-14(21-3)11-9-13)17(20)12-6-4-5-7-15(17)19/h8-11,16,20H,4-7,12H2,1-3H3. The number of hydrogen-bond donors (Lipinski definition) is 1. The van der Waals surface area contributed by atoms with Crippen molar-refractivity contribution < 1.29 is 14.6 Å². The lowest BCUT2D eigenvalue weighted by Crippen LogP contribution is -2.49. The molecule has 1 N–H and O–H groups in total. The first-order valence-electron chi connectivity index (χ1n) is 7.55. The number of carbonyl (C=O) groups is 1. The summed E-state index contributed by atoms with van der Waals surface area (Å²) in [6.45, 7) is 0. The fourth-order valence-electron chi connectivity index (χ4n) is 3.29. The zero-order valence-corrected chi connectivity index (χ0v) is 13.1. The highest BCUT2D eigenvalue weighted by atomic mass is 16.5. The molecule has 2 unspecified atom stereocenters. The van der Waals surface area contributed by atoms with Gasteiger partial charge in [-0.05, 0) is 44.6 Å². The quantitative estimate of drug-likeness (QED) is 0.866. The SMILES string of the molecule is COc1ccc(C(N(C)C)C2(O)CCCCCC2=O)cc1. The fourth-order valence-corrected chi connectivity index (χ4v) is 3.29. The average molecular weight is 291 g/mol. The molecule has 0 aromatic heterocycles. The number of benzene rings is 1. The van der Waals surface area contributed by atoms with Crippen molar-refractivity contribution in [3.8, 4) is 5.75 Å². The number of hydrogen-bond acceptors (Lipinski definition) is 4. The summed E-state index contributed by atoms with van der Waals surface area (Å²) in [6, 6.07) is 7.28. The molecule has 0 saturated heterocycles. The van der Waals surface area contributed by atoms with E-state index >= 15 is 0 Å². The normalized spacial score (nSPS) is 24.7. The van der Waals surface area contributed by atoms with Crippen LogP contribution >= 0.6 is 0 Å². The van der Waals surface area contributed by atoms with E-state index in [0.29, 0.717) is 12.8 Å². The Morgan fingerprint density at radius 3 is 2.43 bits per heavy atom. The van der Waals surface area contributed by atoms with Crippen LogP contribution in [0, 0.1) is 0 Å². The molecule has 0 spiro atoms. The third-order valence-electron chi connectivity index (χ3n) is 4.34.